The summed E-state index contributed by atoms with van der Waals surface area (Å²) in [6.45, 7) is 2.00. The van der Waals surface area contributed by atoms with Crippen molar-refractivity contribution in [3.05, 3.63) is 40.2 Å². The van der Waals surface area contributed by atoms with Gasteiger partial charge in [-0.15, -0.1) is 0 Å². The minimum absolute atomic E-state index is 0.0385. The number of phenols is 1. The maximum Gasteiger partial charge on any atom is 0.189 e. The van der Waals surface area contributed by atoms with E-state index >= 15 is 0 Å². The predicted octanol–water partition coefficient (Wildman–Crippen LogP) is 2.67. The first-order valence-electron chi connectivity index (χ1n) is 5.77. The Morgan fingerprint density at radius 2 is 2.28 bits per heavy atom. The van der Waals surface area contributed by atoms with Gasteiger partial charge in [0.05, 0.1) is 12.6 Å². The number of aromatic amines is 1. The summed E-state index contributed by atoms with van der Waals surface area (Å²) >= 11 is 0. The van der Waals surface area contributed by atoms with E-state index in [-0.39, 0.29) is 11.2 Å². The van der Waals surface area contributed by atoms with Crippen LogP contribution in [0.4, 0.5) is 0 Å². The van der Waals surface area contributed by atoms with Gasteiger partial charge in [-0.25, -0.2) is 0 Å². The Morgan fingerprint density at radius 3 is 2.94 bits per heavy atom. The van der Waals surface area contributed by atoms with Crippen molar-refractivity contribution in [1.82, 2.24) is 4.98 Å². The van der Waals surface area contributed by atoms with Crippen molar-refractivity contribution in [2.45, 2.75) is 13.3 Å². The van der Waals surface area contributed by atoms with E-state index in [9.17, 15) is 9.90 Å². The first-order chi connectivity index (χ1) is 8.69. The minimum atomic E-state index is -0.104. The molecule has 2 N–H and O–H groups in total. The molecule has 0 aliphatic carbocycles. The zero-order valence-corrected chi connectivity index (χ0v) is 10.4. The molecule has 1 heterocycles. The van der Waals surface area contributed by atoms with Crippen LogP contribution in [0.3, 0.4) is 0 Å². The number of benzene rings is 1. The summed E-state index contributed by atoms with van der Waals surface area (Å²) in [4.78, 5) is 14.8. The van der Waals surface area contributed by atoms with Crippen LogP contribution < -0.4 is 10.2 Å². The summed E-state index contributed by atoms with van der Waals surface area (Å²) in [5, 5.41) is 10.6. The highest BCUT2D eigenvalue weighted by Gasteiger charge is 2.13. The Morgan fingerprint density at radius 1 is 1.50 bits per heavy atom. The molecule has 0 aliphatic rings. The van der Waals surface area contributed by atoms with Crippen LogP contribution in [0.25, 0.3) is 17.0 Å². The highest BCUT2D eigenvalue weighted by molar-refractivity contribution is 5.91. The normalized spacial score (nSPS) is 11.2. The van der Waals surface area contributed by atoms with Gasteiger partial charge in [0.15, 0.2) is 16.9 Å². The standard InChI is InChI=1S/C14H15NO3/c1-3-4-5-9-13-10(11(16)6-7-15-13)8-12(18-2)14(9)17/h4-8,17H,3H2,1-2H3,(H,15,16). The van der Waals surface area contributed by atoms with Crippen LogP contribution >= 0.6 is 0 Å². The van der Waals surface area contributed by atoms with Gasteiger partial charge in [-0.2, -0.15) is 0 Å². The average Bonchev–Trinajstić information content (AvgIpc) is 2.38. The van der Waals surface area contributed by atoms with Crippen LogP contribution in [0.2, 0.25) is 0 Å². The molecule has 0 amide bonds. The Kier molecular flexibility index (Phi) is 3.37. The Bertz CT molecular complexity index is 656. The lowest BCUT2D eigenvalue weighted by atomic mass is 10.1. The number of fused-ring (bicyclic) bond motifs is 1. The van der Waals surface area contributed by atoms with E-state index < -0.39 is 0 Å². The van der Waals surface area contributed by atoms with Crippen molar-refractivity contribution in [3.63, 3.8) is 0 Å². The van der Waals surface area contributed by atoms with Gasteiger partial charge in [0, 0.05) is 23.2 Å². The third-order valence-electron chi connectivity index (χ3n) is 2.77. The van der Waals surface area contributed by atoms with Gasteiger partial charge in [0.25, 0.3) is 0 Å². The lowest BCUT2D eigenvalue weighted by Crippen LogP contribution is -2.02. The number of hydrogen-bond acceptors (Lipinski definition) is 3. The first-order valence-corrected chi connectivity index (χ1v) is 5.77. The van der Waals surface area contributed by atoms with Gasteiger partial charge in [0.1, 0.15) is 0 Å². The fourth-order valence-corrected chi connectivity index (χ4v) is 1.86. The van der Waals surface area contributed by atoms with Crippen LogP contribution in [-0.2, 0) is 0 Å². The molecule has 0 saturated carbocycles. The molecule has 0 spiro atoms. The molecular weight excluding hydrogens is 230 g/mol. The number of pyridine rings is 1. The van der Waals surface area contributed by atoms with Crippen LogP contribution in [0.1, 0.15) is 18.9 Å². The van der Waals surface area contributed by atoms with Gasteiger partial charge in [0.2, 0.25) is 0 Å². The first kappa shape index (κ1) is 12.2. The molecule has 0 atom stereocenters. The zero-order valence-electron chi connectivity index (χ0n) is 10.4. The van der Waals surface area contributed by atoms with Crippen LogP contribution in [0, 0.1) is 0 Å². The van der Waals surface area contributed by atoms with E-state index in [1.54, 1.807) is 18.3 Å². The van der Waals surface area contributed by atoms with Gasteiger partial charge < -0.3 is 14.8 Å². The molecular formula is C14H15NO3. The van der Waals surface area contributed by atoms with Crippen molar-refractivity contribution < 1.29 is 9.84 Å². The number of nitrogens with one attached hydrogen (secondary N) is 1. The van der Waals surface area contributed by atoms with Crippen molar-refractivity contribution in [1.29, 1.82) is 0 Å². The number of ether oxygens (including phenoxy) is 1. The second kappa shape index (κ2) is 4.96. The lowest BCUT2D eigenvalue weighted by Gasteiger charge is -2.09. The quantitative estimate of drug-likeness (QED) is 0.873. The van der Waals surface area contributed by atoms with Crippen molar-refractivity contribution in [2.24, 2.45) is 0 Å². The molecule has 2 aromatic rings. The Balaban J connectivity index is 2.87. The third kappa shape index (κ3) is 1.97. The molecule has 0 radical (unpaired) electrons. The number of methoxy groups -OCH3 is 1. The average molecular weight is 245 g/mol. The number of allylic oxidation sites excluding steroid dienone is 1. The molecule has 1 aromatic carbocycles. The van der Waals surface area contributed by atoms with E-state index in [1.807, 2.05) is 13.0 Å². The maximum absolute atomic E-state index is 11.8. The van der Waals surface area contributed by atoms with Gasteiger partial charge in [-0.1, -0.05) is 19.1 Å². The number of rotatable bonds is 3. The number of aromatic nitrogens is 1. The Hall–Kier alpha value is -2.23. The number of aromatic hydroxyl groups is 1. The maximum atomic E-state index is 11.8. The van der Waals surface area contributed by atoms with E-state index in [4.69, 9.17) is 4.74 Å². The largest absolute Gasteiger partial charge is 0.504 e. The predicted molar refractivity (Wildman–Crippen MR) is 72.1 cm³/mol. The highest BCUT2D eigenvalue weighted by Crippen LogP contribution is 2.35. The fourth-order valence-electron chi connectivity index (χ4n) is 1.86. The Labute approximate surface area is 105 Å². The molecule has 0 aliphatic heterocycles. The van der Waals surface area contributed by atoms with E-state index in [1.165, 1.54) is 13.2 Å². The molecule has 94 valence electrons. The highest BCUT2D eigenvalue weighted by atomic mass is 16.5. The van der Waals surface area contributed by atoms with Gasteiger partial charge in [-0.05, 0) is 12.5 Å². The third-order valence-corrected chi connectivity index (χ3v) is 2.77. The molecule has 18 heavy (non-hydrogen) atoms. The summed E-state index contributed by atoms with van der Waals surface area (Å²) < 4.78 is 5.09. The second-order valence-electron chi connectivity index (χ2n) is 3.92. The van der Waals surface area contributed by atoms with Crippen molar-refractivity contribution >= 4 is 17.0 Å². The number of H-pyrrole nitrogens is 1. The summed E-state index contributed by atoms with van der Waals surface area (Å²) in [5.74, 6) is 0.339. The topological polar surface area (TPSA) is 62.3 Å². The molecule has 4 heteroatoms. The van der Waals surface area contributed by atoms with Crippen LogP contribution in [0.5, 0.6) is 11.5 Å². The smallest absolute Gasteiger partial charge is 0.189 e. The van der Waals surface area contributed by atoms with E-state index in [0.29, 0.717) is 22.2 Å². The van der Waals surface area contributed by atoms with Crippen LogP contribution in [-0.4, -0.2) is 17.2 Å². The minimum Gasteiger partial charge on any atom is -0.504 e. The SMILES string of the molecule is CCC=Cc1c(O)c(OC)cc2c(=O)cc[nH]c12. The van der Waals surface area contributed by atoms with E-state index in [0.717, 1.165) is 6.42 Å². The molecule has 0 saturated heterocycles. The summed E-state index contributed by atoms with van der Waals surface area (Å²) in [5.41, 5.74) is 1.09. The lowest BCUT2D eigenvalue weighted by molar-refractivity contribution is 0.374. The van der Waals surface area contributed by atoms with Gasteiger partial charge in [-0.3, -0.25) is 4.79 Å². The molecule has 1 aromatic heterocycles. The molecule has 2 rings (SSSR count). The summed E-state index contributed by atoms with van der Waals surface area (Å²) in [6, 6.07) is 3.00. The number of hydrogen-bond donors (Lipinski definition) is 2. The number of phenolic OH excluding ortho intramolecular Hbond substituents is 1. The van der Waals surface area contributed by atoms with Crippen molar-refractivity contribution in [3.8, 4) is 11.5 Å². The van der Waals surface area contributed by atoms with Gasteiger partial charge >= 0.3 is 0 Å². The molecule has 0 bridgehead atoms. The zero-order chi connectivity index (χ0) is 13.1. The second-order valence-corrected chi connectivity index (χ2v) is 3.92. The molecule has 0 unspecified atom stereocenters. The summed E-state index contributed by atoms with van der Waals surface area (Å²) in [7, 11) is 1.46. The fraction of sp³-hybridized carbons (Fsp3) is 0.214. The van der Waals surface area contributed by atoms with E-state index in [2.05, 4.69) is 4.98 Å². The van der Waals surface area contributed by atoms with Crippen molar-refractivity contribution in [2.75, 3.05) is 7.11 Å². The monoisotopic (exact) mass is 245 g/mol. The van der Waals surface area contributed by atoms with Crippen LogP contribution in [0.15, 0.2) is 29.2 Å². The molecule has 4 nitrogen and oxygen atoms in total. The summed E-state index contributed by atoms with van der Waals surface area (Å²) in [6.07, 6.45) is 6.12. The molecule has 0 fully saturated rings.